The maximum Gasteiger partial charge on any atom is 0.311 e. The van der Waals surface area contributed by atoms with Crippen LogP contribution in [0.2, 0.25) is 0 Å². The van der Waals surface area contributed by atoms with Crippen molar-refractivity contribution >= 4 is 11.9 Å². The summed E-state index contributed by atoms with van der Waals surface area (Å²) in [5.41, 5.74) is 0.599. The summed E-state index contributed by atoms with van der Waals surface area (Å²) in [6.45, 7) is 4.33. The molecular weight excluding hydrogens is 306 g/mol. The SMILES string of the molecule is CCC(CC)(CNC(=O)c1cnn(Cc2ccccc2)c1)C(=O)O. The van der Waals surface area contributed by atoms with Crippen LogP contribution in [0.4, 0.5) is 0 Å². The molecule has 6 heteroatoms. The van der Waals surface area contributed by atoms with E-state index in [1.54, 1.807) is 10.9 Å². The molecule has 6 nitrogen and oxygen atoms in total. The van der Waals surface area contributed by atoms with Crippen LogP contribution in [-0.4, -0.2) is 33.3 Å². The van der Waals surface area contributed by atoms with E-state index in [1.807, 2.05) is 44.2 Å². The first-order chi connectivity index (χ1) is 11.5. The molecule has 1 aromatic heterocycles. The number of hydrogen-bond donors (Lipinski definition) is 2. The largest absolute Gasteiger partial charge is 0.481 e. The van der Waals surface area contributed by atoms with E-state index < -0.39 is 11.4 Å². The van der Waals surface area contributed by atoms with Crippen molar-refractivity contribution in [1.29, 1.82) is 0 Å². The van der Waals surface area contributed by atoms with E-state index in [0.29, 0.717) is 24.9 Å². The molecule has 24 heavy (non-hydrogen) atoms. The van der Waals surface area contributed by atoms with E-state index in [1.165, 1.54) is 6.20 Å². The van der Waals surface area contributed by atoms with Crippen molar-refractivity contribution in [3.05, 3.63) is 53.9 Å². The Morgan fingerprint density at radius 1 is 1.21 bits per heavy atom. The molecule has 2 N–H and O–H groups in total. The predicted molar refractivity (Wildman–Crippen MR) is 90.8 cm³/mol. The number of rotatable bonds is 8. The summed E-state index contributed by atoms with van der Waals surface area (Å²) in [5.74, 6) is -1.19. The van der Waals surface area contributed by atoms with E-state index in [2.05, 4.69) is 10.4 Å². The molecule has 2 rings (SSSR count). The normalized spacial score (nSPS) is 11.2. The summed E-state index contributed by atoms with van der Waals surface area (Å²) in [6, 6.07) is 9.83. The zero-order chi connectivity index (χ0) is 17.6. The molecule has 0 saturated carbocycles. The summed E-state index contributed by atoms with van der Waals surface area (Å²) < 4.78 is 1.69. The first kappa shape index (κ1) is 17.7. The van der Waals surface area contributed by atoms with Gasteiger partial charge in [0.15, 0.2) is 0 Å². The number of nitrogens with zero attached hydrogens (tertiary/aromatic N) is 2. The molecule has 0 fully saturated rings. The number of carboxylic acids is 1. The molecule has 1 aromatic carbocycles. The van der Waals surface area contributed by atoms with E-state index in [-0.39, 0.29) is 12.5 Å². The highest BCUT2D eigenvalue weighted by Gasteiger charge is 2.35. The third-order valence-electron chi connectivity index (χ3n) is 4.48. The first-order valence-corrected chi connectivity index (χ1v) is 8.08. The lowest BCUT2D eigenvalue weighted by molar-refractivity contribution is -0.149. The van der Waals surface area contributed by atoms with Gasteiger partial charge < -0.3 is 10.4 Å². The molecule has 1 amide bonds. The van der Waals surface area contributed by atoms with Crippen LogP contribution in [0.15, 0.2) is 42.7 Å². The summed E-state index contributed by atoms with van der Waals surface area (Å²) >= 11 is 0. The highest BCUT2D eigenvalue weighted by molar-refractivity contribution is 5.94. The third kappa shape index (κ3) is 4.01. The number of aliphatic carboxylic acids is 1. The Hall–Kier alpha value is -2.63. The fraction of sp³-hybridized carbons (Fsp3) is 0.389. The van der Waals surface area contributed by atoms with Gasteiger partial charge in [0.05, 0.1) is 23.7 Å². The van der Waals surface area contributed by atoms with Crippen LogP contribution < -0.4 is 5.32 Å². The van der Waals surface area contributed by atoms with Gasteiger partial charge in [-0.05, 0) is 18.4 Å². The van der Waals surface area contributed by atoms with Crippen molar-refractivity contribution < 1.29 is 14.7 Å². The zero-order valence-electron chi connectivity index (χ0n) is 14.0. The molecular formula is C18H23N3O3. The minimum absolute atomic E-state index is 0.109. The van der Waals surface area contributed by atoms with Crippen molar-refractivity contribution in [1.82, 2.24) is 15.1 Å². The molecule has 0 atom stereocenters. The number of aromatic nitrogens is 2. The lowest BCUT2D eigenvalue weighted by Gasteiger charge is -2.26. The molecule has 0 bridgehead atoms. The molecule has 128 valence electrons. The zero-order valence-corrected chi connectivity index (χ0v) is 14.0. The Bertz CT molecular complexity index is 691. The second kappa shape index (κ2) is 7.77. The number of carbonyl (C=O) groups is 2. The second-order valence-electron chi connectivity index (χ2n) is 5.89. The topological polar surface area (TPSA) is 84.2 Å². The quantitative estimate of drug-likeness (QED) is 0.779. The van der Waals surface area contributed by atoms with Crippen LogP contribution in [0.1, 0.15) is 42.6 Å². The highest BCUT2D eigenvalue weighted by Crippen LogP contribution is 2.25. The molecule has 0 aliphatic rings. The summed E-state index contributed by atoms with van der Waals surface area (Å²) in [4.78, 5) is 23.7. The van der Waals surface area contributed by atoms with Gasteiger partial charge in [0.1, 0.15) is 0 Å². The molecule has 0 spiro atoms. The van der Waals surface area contributed by atoms with Crippen molar-refractivity contribution in [3.63, 3.8) is 0 Å². The molecule has 0 aliphatic heterocycles. The molecule has 0 radical (unpaired) electrons. The molecule has 2 aromatic rings. The fourth-order valence-electron chi connectivity index (χ4n) is 2.57. The highest BCUT2D eigenvalue weighted by atomic mass is 16.4. The van der Waals surface area contributed by atoms with Gasteiger partial charge >= 0.3 is 5.97 Å². The Morgan fingerprint density at radius 3 is 2.46 bits per heavy atom. The fourth-order valence-corrected chi connectivity index (χ4v) is 2.57. The lowest BCUT2D eigenvalue weighted by atomic mass is 9.82. The maximum absolute atomic E-state index is 12.3. The van der Waals surface area contributed by atoms with Crippen LogP contribution >= 0.6 is 0 Å². The minimum atomic E-state index is -0.921. The Labute approximate surface area is 141 Å². The van der Waals surface area contributed by atoms with Gasteiger partial charge in [0, 0.05) is 12.7 Å². The van der Waals surface area contributed by atoms with Crippen LogP contribution in [0.5, 0.6) is 0 Å². The van der Waals surface area contributed by atoms with Crippen LogP contribution in [-0.2, 0) is 11.3 Å². The summed E-state index contributed by atoms with van der Waals surface area (Å²) in [7, 11) is 0. The molecule has 0 unspecified atom stereocenters. The maximum atomic E-state index is 12.3. The summed E-state index contributed by atoms with van der Waals surface area (Å²) in [6.07, 6.45) is 4.10. The third-order valence-corrected chi connectivity index (χ3v) is 4.48. The van der Waals surface area contributed by atoms with Gasteiger partial charge in [-0.15, -0.1) is 0 Å². The Kier molecular flexibility index (Phi) is 5.73. The van der Waals surface area contributed by atoms with Gasteiger partial charge in [0.25, 0.3) is 5.91 Å². The number of carboxylic acid groups (broad SMARTS) is 1. The van der Waals surface area contributed by atoms with Crippen molar-refractivity contribution in [2.24, 2.45) is 5.41 Å². The number of benzene rings is 1. The van der Waals surface area contributed by atoms with Crippen molar-refractivity contribution in [2.45, 2.75) is 33.2 Å². The smallest absolute Gasteiger partial charge is 0.311 e. The monoisotopic (exact) mass is 329 g/mol. The van der Waals surface area contributed by atoms with E-state index in [0.717, 1.165) is 5.56 Å². The van der Waals surface area contributed by atoms with Gasteiger partial charge in [-0.1, -0.05) is 44.2 Å². The average molecular weight is 329 g/mol. The lowest BCUT2D eigenvalue weighted by Crippen LogP contribution is -2.42. The van der Waals surface area contributed by atoms with Crippen LogP contribution in [0, 0.1) is 5.41 Å². The van der Waals surface area contributed by atoms with Crippen molar-refractivity contribution in [2.75, 3.05) is 6.54 Å². The van der Waals surface area contributed by atoms with E-state index in [9.17, 15) is 14.7 Å². The Morgan fingerprint density at radius 2 is 1.88 bits per heavy atom. The number of carbonyl (C=O) groups excluding carboxylic acids is 1. The predicted octanol–water partition coefficient (Wildman–Crippen LogP) is 2.55. The Balaban J connectivity index is 1.99. The second-order valence-corrected chi connectivity index (χ2v) is 5.89. The molecule has 0 saturated heterocycles. The van der Waals surface area contributed by atoms with Crippen molar-refractivity contribution in [3.8, 4) is 0 Å². The first-order valence-electron chi connectivity index (χ1n) is 8.08. The van der Waals surface area contributed by atoms with Gasteiger partial charge in [0.2, 0.25) is 0 Å². The number of hydrogen-bond acceptors (Lipinski definition) is 3. The average Bonchev–Trinajstić information content (AvgIpc) is 3.05. The number of amides is 1. The number of nitrogens with one attached hydrogen (secondary N) is 1. The van der Waals surface area contributed by atoms with Crippen LogP contribution in [0.25, 0.3) is 0 Å². The van der Waals surface area contributed by atoms with Gasteiger partial charge in [-0.2, -0.15) is 5.10 Å². The van der Waals surface area contributed by atoms with Crippen LogP contribution in [0.3, 0.4) is 0 Å². The van der Waals surface area contributed by atoms with Gasteiger partial charge in [-0.25, -0.2) is 0 Å². The van der Waals surface area contributed by atoms with Gasteiger partial charge in [-0.3, -0.25) is 14.3 Å². The summed E-state index contributed by atoms with van der Waals surface area (Å²) in [5, 5.41) is 16.3. The molecule has 1 heterocycles. The van der Waals surface area contributed by atoms with E-state index in [4.69, 9.17) is 0 Å². The minimum Gasteiger partial charge on any atom is -0.481 e. The molecule has 0 aliphatic carbocycles. The van der Waals surface area contributed by atoms with E-state index >= 15 is 0 Å². The standard InChI is InChI=1S/C18H23N3O3/c1-3-18(4-2,17(23)24)13-19-16(22)15-10-20-21(12-15)11-14-8-6-5-7-9-14/h5-10,12H,3-4,11,13H2,1-2H3,(H,19,22)(H,23,24).